The molecule has 0 unspecified atom stereocenters. The summed E-state index contributed by atoms with van der Waals surface area (Å²) < 4.78 is 0. The monoisotopic (exact) mass is 226 g/mol. The number of aliphatic hydroxyl groups is 1. The van der Waals surface area contributed by atoms with Gasteiger partial charge < -0.3 is 10.0 Å². The minimum Gasteiger partial charge on any atom is -0.396 e. The van der Waals surface area contributed by atoms with E-state index in [2.05, 4.69) is 4.90 Å². The number of rotatable bonds is 5. The molecule has 0 atom stereocenters. The Morgan fingerprint density at radius 1 is 1.12 bits per heavy atom. The SMILES string of the molecule is O=C(C1CC1)N1CCN(CCCCO)CC1. The van der Waals surface area contributed by atoms with E-state index in [4.69, 9.17) is 5.11 Å². The summed E-state index contributed by atoms with van der Waals surface area (Å²) in [6.45, 7) is 5.16. The van der Waals surface area contributed by atoms with Gasteiger partial charge in [-0.2, -0.15) is 0 Å². The Morgan fingerprint density at radius 3 is 2.38 bits per heavy atom. The summed E-state index contributed by atoms with van der Waals surface area (Å²) in [5.74, 6) is 0.746. The first kappa shape index (κ1) is 11.9. The average molecular weight is 226 g/mol. The third kappa shape index (κ3) is 3.19. The lowest BCUT2D eigenvalue weighted by Gasteiger charge is -2.34. The van der Waals surface area contributed by atoms with Crippen molar-refractivity contribution >= 4 is 5.91 Å². The highest BCUT2D eigenvalue weighted by Crippen LogP contribution is 2.31. The Morgan fingerprint density at radius 2 is 1.81 bits per heavy atom. The lowest BCUT2D eigenvalue weighted by atomic mass is 10.2. The van der Waals surface area contributed by atoms with E-state index in [0.29, 0.717) is 18.4 Å². The number of nitrogens with zero attached hydrogens (tertiary/aromatic N) is 2. The Bertz CT molecular complexity index is 233. The van der Waals surface area contributed by atoms with Crippen LogP contribution in [0.2, 0.25) is 0 Å². The van der Waals surface area contributed by atoms with Gasteiger partial charge in [0.1, 0.15) is 0 Å². The molecule has 1 saturated carbocycles. The van der Waals surface area contributed by atoms with Crippen LogP contribution in [-0.2, 0) is 4.79 Å². The Labute approximate surface area is 97.2 Å². The maximum atomic E-state index is 11.8. The molecule has 1 amide bonds. The van der Waals surface area contributed by atoms with Crippen LogP contribution in [0.1, 0.15) is 25.7 Å². The van der Waals surface area contributed by atoms with Crippen LogP contribution in [0, 0.1) is 5.92 Å². The Hall–Kier alpha value is -0.610. The zero-order valence-electron chi connectivity index (χ0n) is 9.90. The topological polar surface area (TPSA) is 43.8 Å². The fraction of sp³-hybridized carbons (Fsp3) is 0.917. The van der Waals surface area contributed by atoms with E-state index in [1.54, 1.807) is 0 Å². The molecule has 0 spiro atoms. The van der Waals surface area contributed by atoms with Gasteiger partial charge in [0, 0.05) is 38.7 Å². The molecule has 0 radical (unpaired) electrons. The first-order valence-corrected chi connectivity index (χ1v) is 6.43. The lowest BCUT2D eigenvalue weighted by molar-refractivity contribution is -0.134. The highest BCUT2D eigenvalue weighted by molar-refractivity contribution is 5.81. The van der Waals surface area contributed by atoms with E-state index in [-0.39, 0.29) is 0 Å². The van der Waals surface area contributed by atoms with E-state index in [9.17, 15) is 4.79 Å². The third-order valence-corrected chi connectivity index (χ3v) is 3.49. The fourth-order valence-corrected chi connectivity index (χ4v) is 2.23. The van der Waals surface area contributed by atoms with Crippen molar-refractivity contribution < 1.29 is 9.90 Å². The summed E-state index contributed by atoms with van der Waals surface area (Å²) in [6.07, 6.45) is 4.17. The van der Waals surface area contributed by atoms with Crippen molar-refractivity contribution in [3.63, 3.8) is 0 Å². The predicted molar refractivity (Wildman–Crippen MR) is 62.1 cm³/mol. The van der Waals surface area contributed by atoms with Crippen LogP contribution in [0.25, 0.3) is 0 Å². The quantitative estimate of drug-likeness (QED) is 0.686. The first-order chi connectivity index (χ1) is 7.81. The smallest absolute Gasteiger partial charge is 0.225 e. The van der Waals surface area contributed by atoms with Gasteiger partial charge in [0.05, 0.1) is 0 Å². The van der Waals surface area contributed by atoms with Gasteiger partial charge in [0.2, 0.25) is 5.91 Å². The van der Waals surface area contributed by atoms with E-state index >= 15 is 0 Å². The van der Waals surface area contributed by atoms with Crippen LogP contribution in [0.15, 0.2) is 0 Å². The fourth-order valence-electron chi connectivity index (χ4n) is 2.23. The molecule has 1 saturated heterocycles. The molecule has 16 heavy (non-hydrogen) atoms. The van der Waals surface area contributed by atoms with Crippen molar-refractivity contribution in [2.24, 2.45) is 5.92 Å². The molecule has 2 fully saturated rings. The first-order valence-electron chi connectivity index (χ1n) is 6.43. The Balaban J connectivity index is 1.63. The van der Waals surface area contributed by atoms with Gasteiger partial charge in [-0.25, -0.2) is 0 Å². The minimum atomic E-state index is 0.292. The molecule has 1 heterocycles. The zero-order chi connectivity index (χ0) is 11.4. The van der Waals surface area contributed by atoms with E-state index < -0.39 is 0 Å². The van der Waals surface area contributed by atoms with Crippen LogP contribution >= 0.6 is 0 Å². The van der Waals surface area contributed by atoms with Crippen LogP contribution in [0.3, 0.4) is 0 Å². The van der Waals surface area contributed by atoms with Crippen molar-refractivity contribution in [3.05, 3.63) is 0 Å². The van der Waals surface area contributed by atoms with Gasteiger partial charge in [-0.3, -0.25) is 9.69 Å². The molecule has 92 valence electrons. The molecule has 1 N–H and O–H groups in total. The molecule has 1 aliphatic heterocycles. The van der Waals surface area contributed by atoms with Crippen LogP contribution in [0.5, 0.6) is 0 Å². The number of amides is 1. The van der Waals surface area contributed by atoms with Gasteiger partial charge in [0.15, 0.2) is 0 Å². The van der Waals surface area contributed by atoms with E-state index in [1.807, 2.05) is 4.90 Å². The highest BCUT2D eigenvalue weighted by atomic mass is 16.2. The lowest BCUT2D eigenvalue weighted by Crippen LogP contribution is -2.49. The molecule has 1 aliphatic carbocycles. The standard InChI is InChI=1S/C12H22N2O2/c15-10-2-1-5-13-6-8-14(9-7-13)12(16)11-3-4-11/h11,15H,1-10H2. The second kappa shape index (κ2) is 5.64. The van der Waals surface area contributed by atoms with Crippen molar-refractivity contribution in [1.29, 1.82) is 0 Å². The van der Waals surface area contributed by atoms with E-state index in [1.165, 1.54) is 0 Å². The predicted octanol–water partition coefficient (Wildman–Crippen LogP) is 0.313. The minimum absolute atomic E-state index is 0.292. The molecule has 0 bridgehead atoms. The summed E-state index contributed by atoms with van der Waals surface area (Å²) in [7, 11) is 0. The molecule has 4 heteroatoms. The molecule has 0 aromatic heterocycles. The summed E-state index contributed by atoms with van der Waals surface area (Å²) in [5.41, 5.74) is 0. The summed E-state index contributed by atoms with van der Waals surface area (Å²) >= 11 is 0. The maximum Gasteiger partial charge on any atom is 0.225 e. The Kier molecular flexibility index (Phi) is 4.18. The summed E-state index contributed by atoms with van der Waals surface area (Å²) in [6, 6.07) is 0. The number of unbranched alkanes of at least 4 members (excludes halogenated alkanes) is 1. The van der Waals surface area contributed by atoms with Gasteiger partial charge >= 0.3 is 0 Å². The molecule has 4 nitrogen and oxygen atoms in total. The molecule has 0 aromatic carbocycles. The zero-order valence-corrected chi connectivity index (χ0v) is 9.90. The highest BCUT2D eigenvalue weighted by Gasteiger charge is 2.34. The molecule has 2 rings (SSSR count). The number of carbonyl (C=O) groups is 1. The largest absolute Gasteiger partial charge is 0.396 e. The number of hydrogen-bond donors (Lipinski definition) is 1. The van der Waals surface area contributed by atoms with E-state index in [0.717, 1.165) is 58.4 Å². The van der Waals surface area contributed by atoms with Crippen LogP contribution in [0.4, 0.5) is 0 Å². The van der Waals surface area contributed by atoms with Gasteiger partial charge in [-0.15, -0.1) is 0 Å². The second-order valence-electron chi connectivity index (χ2n) is 4.87. The second-order valence-corrected chi connectivity index (χ2v) is 4.87. The van der Waals surface area contributed by atoms with Crippen LogP contribution < -0.4 is 0 Å². The van der Waals surface area contributed by atoms with Gasteiger partial charge in [0.25, 0.3) is 0 Å². The average Bonchev–Trinajstić information content (AvgIpc) is 3.13. The van der Waals surface area contributed by atoms with Crippen molar-refractivity contribution in [1.82, 2.24) is 9.80 Å². The third-order valence-electron chi connectivity index (χ3n) is 3.49. The molecular formula is C12H22N2O2. The van der Waals surface area contributed by atoms with Gasteiger partial charge in [-0.1, -0.05) is 0 Å². The summed E-state index contributed by atoms with van der Waals surface area (Å²) in [4.78, 5) is 16.2. The number of hydrogen-bond acceptors (Lipinski definition) is 3. The molecule has 2 aliphatic rings. The molecule has 0 aromatic rings. The number of piperazine rings is 1. The summed E-state index contributed by atoms with van der Waals surface area (Å²) in [5, 5.41) is 8.71. The number of aliphatic hydroxyl groups excluding tert-OH is 1. The van der Waals surface area contributed by atoms with Crippen LogP contribution in [-0.4, -0.2) is 60.1 Å². The maximum absolute atomic E-state index is 11.8. The molecular weight excluding hydrogens is 204 g/mol. The normalized spacial score (nSPS) is 22.4. The number of carbonyl (C=O) groups excluding carboxylic acids is 1. The van der Waals surface area contributed by atoms with Gasteiger partial charge in [-0.05, 0) is 32.2 Å². The van der Waals surface area contributed by atoms with Crippen molar-refractivity contribution in [3.8, 4) is 0 Å². The van der Waals surface area contributed by atoms with Crippen molar-refractivity contribution in [2.75, 3.05) is 39.3 Å². The van der Waals surface area contributed by atoms with Crippen molar-refractivity contribution in [2.45, 2.75) is 25.7 Å².